The average Bonchev–Trinajstić information content (AvgIpc) is 2.69. The number of nitrogens with one attached hydrogen (secondary N) is 1. The third-order valence-electron chi connectivity index (χ3n) is 5.81. The van der Waals surface area contributed by atoms with E-state index in [4.69, 9.17) is 9.94 Å². The first-order valence-corrected chi connectivity index (χ1v) is 7.68. The second-order valence-corrected chi connectivity index (χ2v) is 7.18. The van der Waals surface area contributed by atoms with Crippen LogP contribution < -0.4 is 5.23 Å². The van der Waals surface area contributed by atoms with E-state index in [1.165, 1.54) is 24.3 Å². The third-order valence-corrected chi connectivity index (χ3v) is 5.81. The van der Waals surface area contributed by atoms with Crippen molar-refractivity contribution in [1.29, 1.82) is 0 Å². The van der Waals surface area contributed by atoms with Gasteiger partial charge in [-0.2, -0.15) is 5.23 Å². The molecule has 0 amide bonds. The number of benzene rings is 1. The van der Waals surface area contributed by atoms with Crippen LogP contribution in [0.2, 0.25) is 0 Å². The minimum Gasteiger partial charge on any atom is -0.595 e. The topological polar surface area (TPSA) is 74.0 Å². The largest absolute Gasteiger partial charge is 0.595 e. The number of carbonyl (C=O) groups is 1. The monoisotopic (exact) mass is 307 g/mol. The fourth-order valence-corrected chi connectivity index (χ4v) is 3.13. The molecular weight excluding hydrogens is 282 g/mol. The molecule has 0 bridgehead atoms. The first-order valence-electron chi connectivity index (χ1n) is 7.68. The molecule has 1 saturated carbocycles. The van der Waals surface area contributed by atoms with Crippen molar-refractivity contribution in [2.45, 2.75) is 40.5 Å². The van der Waals surface area contributed by atoms with Gasteiger partial charge in [0.2, 0.25) is 0 Å². The van der Waals surface area contributed by atoms with Gasteiger partial charge in [0, 0.05) is 17.5 Å². The Morgan fingerprint density at radius 1 is 1.36 bits per heavy atom. The SMILES string of the molecule is C[C@@H]1CC[C@](C)(COC(=O)c2ccc([NH+]([O-])O)cc2)C1(C)C. The highest BCUT2D eigenvalue weighted by molar-refractivity contribution is 5.89. The van der Waals surface area contributed by atoms with Gasteiger partial charge in [-0.25, -0.2) is 10.0 Å². The number of rotatable bonds is 4. The standard InChI is InChI=1S/C17H25NO4/c1-12-9-10-17(4,16(12,2)3)11-22-15(19)13-5-7-14(8-6-13)18(20)21/h5-8,12,18,20H,9-11H2,1-4H3/t12-,17-/m1/s1. The minimum atomic E-state index is -1.01. The Morgan fingerprint density at radius 2 is 1.95 bits per heavy atom. The van der Waals surface area contributed by atoms with Gasteiger partial charge in [-0.05, 0) is 36.3 Å². The average molecular weight is 307 g/mol. The summed E-state index contributed by atoms with van der Waals surface area (Å²) >= 11 is 0. The number of esters is 1. The molecule has 1 aliphatic rings. The maximum atomic E-state index is 12.1. The second-order valence-electron chi connectivity index (χ2n) is 7.18. The van der Waals surface area contributed by atoms with Crippen LogP contribution in [0.1, 0.15) is 50.9 Å². The van der Waals surface area contributed by atoms with Crippen molar-refractivity contribution in [3.05, 3.63) is 35.0 Å². The summed E-state index contributed by atoms with van der Waals surface area (Å²) in [7, 11) is 0. The van der Waals surface area contributed by atoms with Crippen LogP contribution in [0.25, 0.3) is 0 Å². The lowest BCUT2D eigenvalue weighted by molar-refractivity contribution is -0.991. The lowest BCUT2D eigenvalue weighted by Gasteiger charge is -2.40. The van der Waals surface area contributed by atoms with Gasteiger partial charge < -0.3 is 9.94 Å². The van der Waals surface area contributed by atoms with Gasteiger partial charge in [0.1, 0.15) is 0 Å². The van der Waals surface area contributed by atoms with Gasteiger partial charge in [-0.15, -0.1) is 0 Å². The number of hydrogen-bond donors (Lipinski definition) is 2. The van der Waals surface area contributed by atoms with Gasteiger partial charge in [0.15, 0.2) is 5.69 Å². The zero-order valence-corrected chi connectivity index (χ0v) is 13.7. The lowest BCUT2D eigenvalue weighted by atomic mass is 9.66. The van der Waals surface area contributed by atoms with Crippen molar-refractivity contribution < 1.29 is 20.0 Å². The fraction of sp³-hybridized carbons (Fsp3) is 0.588. The Hall–Kier alpha value is -1.43. The second kappa shape index (κ2) is 5.99. The Morgan fingerprint density at radius 3 is 2.41 bits per heavy atom. The summed E-state index contributed by atoms with van der Waals surface area (Å²) in [6, 6.07) is 5.83. The van der Waals surface area contributed by atoms with E-state index in [2.05, 4.69) is 27.7 Å². The molecule has 1 fully saturated rings. The molecule has 5 heteroatoms. The van der Waals surface area contributed by atoms with Crippen molar-refractivity contribution in [2.24, 2.45) is 16.7 Å². The summed E-state index contributed by atoms with van der Waals surface area (Å²) in [6.45, 7) is 9.29. The Labute approximate surface area is 131 Å². The number of carbonyl (C=O) groups excluding carboxylic acids is 1. The Kier molecular flexibility index (Phi) is 4.61. The minimum absolute atomic E-state index is 0.0247. The maximum absolute atomic E-state index is 12.1. The molecular formula is C17H25NO4. The highest BCUT2D eigenvalue weighted by Gasteiger charge is 2.50. The lowest BCUT2D eigenvalue weighted by Crippen LogP contribution is -2.99. The zero-order chi connectivity index (χ0) is 16.5. The maximum Gasteiger partial charge on any atom is 0.338 e. The zero-order valence-electron chi connectivity index (χ0n) is 13.7. The predicted molar refractivity (Wildman–Crippen MR) is 82.8 cm³/mol. The van der Waals surface area contributed by atoms with Crippen LogP contribution in [0.15, 0.2) is 24.3 Å². The third kappa shape index (κ3) is 3.02. The van der Waals surface area contributed by atoms with Gasteiger partial charge in [-0.3, -0.25) is 0 Å². The van der Waals surface area contributed by atoms with Crippen molar-refractivity contribution in [2.75, 3.05) is 6.61 Å². The van der Waals surface area contributed by atoms with E-state index in [1.807, 2.05) is 0 Å². The van der Waals surface area contributed by atoms with E-state index < -0.39 is 11.2 Å². The van der Waals surface area contributed by atoms with Crippen LogP contribution in [0.5, 0.6) is 0 Å². The molecule has 1 unspecified atom stereocenters. The van der Waals surface area contributed by atoms with Gasteiger partial charge in [0.05, 0.1) is 12.2 Å². The Balaban J connectivity index is 2.01. The number of hydrogen-bond acceptors (Lipinski definition) is 4. The van der Waals surface area contributed by atoms with E-state index in [0.29, 0.717) is 18.1 Å². The summed E-state index contributed by atoms with van der Waals surface area (Å²) in [4.78, 5) is 12.1. The molecule has 0 saturated heterocycles. The summed E-state index contributed by atoms with van der Waals surface area (Å²) in [6.07, 6.45) is 2.20. The molecule has 2 rings (SSSR count). The van der Waals surface area contributed by atoms with E-state index in [9.17, 15) is 10.0 Å². The molecule has 122 valence electrons. The molecule has 0 spiro atoms. The van der Waals surface area contributed by atoms with Gasteiger partial charge in [0.25, 0.3) is 0 Å². The quantitative estimate of drug-likeness (QED) is 0.662. The van der Waals surface area contributed by atoms with Crippen molar-refractivity contribution in [1.82, 2.24) is 0 Å². The summed E-state index contributed by atoms with van der Waals surface area (Å²) in [5.41, 5.74) is 0.649. The smallest absolute Gasteiger partial charge is 0.338 e. The van der Waals surface area contributed by atoms with Crippen LogP contribution in [-0.4, -0.2) is 17.8 Å². The van der Waals surface area contributed by atoms with Crippen molar-refractivity contribution >= 4 is 11.7 Å². The molecule has 0 heterocycles. The summed E-state index contributed by atoms with van der Waals surface area (Å²) in [5.74, 6) is 0.208. The molecule has 3 atom stereocenters. The highest BCUT2D eigenvalue weighted by Crippen LogP contribution is 2.55. The number of quaternary nitrogens is 1. The fourth-order valence-electron chi connectivity index (χ4n) is 3.13. The van der Waals surface area contributed by atoms with E-state index in [0.717, 1.165) is 12.8 Å². The molecule has 2 N–H and O–H groups in total. The normalized spacial score (nSPS) is 28.4. The molecule has 0 aromatic heterocycles. The van der Waals surface area contributed by atoms with E-state index in [-0.39, 0.29) is 16.5 Å². The van der Waals surface area contributed by atoms with Crippen LogP contribution >= 0.6 is 0 Å². The molecule has 5 nitrogen and oxygen atoms in total. The predicted octanol–water partition coefficient (Wildman–Crippen LogP) is 2.71. The van der Waals surface area contributed by atoms with Crippen molar-refractivity contribution in [3.63, 3.8) is 0 Å². The van der Waals surface area contributed by atoms with E-state index >= 15 is 0 Å². The molecule has 22 heavy (non-hydrogen) atoms. The Bertz CT molecular complexity index is 538. The van der Waals surface area contributed by atoms with Gasteiger partial charge in [-0.1, -0.05) is 27.7 Å². The van der Waals surface area contributed by atoms with Crippen molar-refractivity contribution in [3.8, 4) is 0 Å². The summed E-state index contributed by atoms with van der Waals surface area (Å²) < 4.78 is 5.51. The van der Waals surface area contributed by atoms with Crippen LogP contribution in [0, 0.1) is 22.0 Å². The van der Waals surface area contributed by atoms with Crippen LogP contribution in [-0.2, 0) is 4.74 Å². The highest BCUT2D eigenvalue weighted by atomic mass is 16.8. The first kappa shape index (κ1) is 16.9. The molecule has 1 aliphatic carbocycles. The molecule has 0 aliphatic heterocycles. The van der Waals surface area contributed by atoms with Gasteiger partial charge >= 0.3 is 5.97 Å². The molecule has 0 radical (unpaired) electrons. The molecule has 1 aromatic rings. The first-order chi connectivity index (χ1) is 10.2. The molecule has 1 aromatic carbocycles. The van der Waals surface area contributed by atoms with E-state index in [1.54, 1.807) is 0 Å². The summed E-state index contributed by atoms with van der Waals surface area (Å²) in [5, 5.41) is 18.7. The van der Waals surface area contributed by atoms with Crippen LogP contribution in [0.4, 0.5) is 5.69 Å². The van der Waals surface area contributed by atoms with Crippen LogP contribution in [0.3, 0.4) is 0 Å². The number of ether oxygens (including phenoxy) is 1.